The van der Waals surface area contributed by atoms with Gasteiger partial charge in [-0.1, -0.05) is 112 Å². The van der Waals surface area contributed by atoms with Gasteiger partial charge in [0.25, 0.3) is 0 Å². The molecule has 0 spiro atoms. The van der Waals surface area contributed by atoms with E-state index in [1.807, 2.05) is 0 Å². The molecular weight excluding hydrogens is 348 g/mol. The molecule has 0 atom stereocenters. The summed E-state index contributed by atoms with van der Waals surface area (Å²) in [5.74, 6) is 0. The maximum atomic E-state index is 2.39. The van der Waals surface area contributed by atoms with Crippen molar-refractivity contribution < 1.29 is 0 Å². The van der Waals surface area contributed by atoms with Crippen LogP contribution in [0.3, 0.4) is 0 Å². The highest BCUT2D eigenvalue weighted by Gasteiger charge is 2.14. The lowest BCUT2D eigenvalue weighted by Crippen LogP contribution is -1.93. The molecule has 0 aromatic heterocycles. The van der Waals surface area contributed by atoms with Gasteiger partial charge in [-0.25, -0.2) is 0 Å². The van der Waals surface area contributed by atoms with E-state index in [-0.39, 0.29) is 0 Å². The lowest BCUT2D eigenvalue weighted by atomic mass is 9.86. The maximum absolute atomic E-state index is 2.39. The number of rotatable bonds is 8. The number of unbranched alkanes of at least 4 members (excludes halogenated alkanes) is 6. The van der Waals surface area contributed by atoms with Crippen LogP contribution in [0.5, 0.6) is 0 Å². The number of aryl methyl sites for hydroxylation is 1. The first kappa shape index (κ1) is 18.4. The lowest BCUT2D eigenvalue weighted by Gasteiger charge is -2.17. The van der Waals surface area contributed by atoms with Crippen LogP contribution in [-0.2, 0) is 6.42 Å². The Labute approximate surface area is 173 Å². The Morgan fingerprint density at radius 3 is 1.79 bits per heavy atom. The molecule has 0 aliphatic carbocycles. The first-order valence-electron chi connectivity index (χ1n) is 11.5. The summed E-state index contributed by atoms with van der Waals surface area (Å²) in [6.45, 7) is 2.29. The molecule has 0 saturated carbocycles. The molecule has 0 aliphatic rings. The van der Waals surface area contributed by atoms with Crippen LogP contribution < -0.4 is 0 Å². The van der Waals surface area contributed by atoms with Gasteiger partial charge in [-0.05, 0) is 61.5 Å². The van der Waals surface area contributed by atoms with Crippen molar-refractivity contribution in [1.82, 2.24) is 0 Å². The summed E-state index contributed by atoms with van der Waals surface area (Å²) >= 11 is 0. The van der Waals surface area contributed by atoms with E-state index >= 15 is 0 Å². The van der Waals surface area contributed by atoms with Gasteiger partial charge < -0.3 is 0 Å². The van der Waals surface area contributed by atoms with E-state index in [0.717, 1.165) is 0 Å². The van der Waals surface area contributed by atoms with E-state index in [1.54, 1.807) is 0 Å². The predicted octanol–water partition coefficient (Wildman–Crippen LogP) is 9.03. The molecule has 0 bridgehead atoms. The van der Waals surface area contributed by atoms with Crippen LogP contribution in [0.1, 0.15) is 57.4 Å². The second kappa shape index (κ2) is 8.03. The Morgan fingerprint density at radius 1 is 0.483 bits per heavy atom. The molecule has 0 unspecified atom stereocenters. The third kappa shape index (κ3) is 3.25. The van der Waals surface area contributed by atoms with Gasteiger partial charge in [0.2, 0.25) is 0 Å². The summed E-state index contributed by atoms with van der Waals surface area (Å²) in [5, 5.41) is 11.3. The predicted molar refractivity (Wildman–Crippen MR) is 129 cm³/mol. The van der Waals surface area contributed by atoms with Crippen LogP contribution in [0, 0.1) is 0 Å². The molecule has 0 amide bonds. The summed E-state index contributed by atoms with van der Waals surface area (Å²) in [7, 11) is 0. The SMILES string of the molecule is CCCCCCCCCc1ccc2cccc3c4cccc5cccc(c1c23)c54. The normalized spacial score (nSPS) is 12.0. The van der Waals surface area contributed by atoms with Gasteiger partial charge in [0, 0.05) is 0 Å². The van der Waals surface area contributed by atoms with Crippen molar-refractivity contribution in [3.8, 4) is 0 Å². The van der Waals surface area contributed by atoms with Crippen molar-refractivity contribution in [3.05, 3.63) is 72.3 Å². The van der Waals surface area contributed by atoms with Crippen molar-refractivity contribution in [1.29, 1.82) is 0 Å². The van der Waals surface area contributed by atoms with Crippen LogP contribution in [-0.4, -0.2) is 0 Å². The van der Waals surface area contributed by atoms with E-state index in [0.29, 0.717) is 0 Å². The van der Waals surface area contributed by atoms with Crippen LogP contribution in [0.4, 0.5) is 0 Å². The third-order valence-electron chi connectivity index (χ3n) is 6.65. The van der Waals surface area contributed by atoms with Crippen LogP contribution >= 0.6 is 0 Å². The average molecular weight is 379 g/mol. The molecule has 5 rings (SSSR count). The highest BCUT2D eigenvalue weighted by Crippen LogP contribution is 2.41. The van der Waals surface area contributed by atoms with Crippen LogP contribution in [0.15, 0.2) is 66.7 Å². The fourth-order valence-electron chi connectivity index (χ4n) is 5.21. The zero-order valence-electron chi connectivity index (χ0n) is 17.5. The Hall–Kier alpha value is -2.60. The molecule has 29 heavy (non-hydrogen) atoms. The first-order valence-corrected chi connectivity index (χ1v) is 11.5. The molecule has 0 aliphatic heterocycles. The molecule has 146 valence electrons. The molecule has 5 aromatic rings. The Kier molecular flexibility index (Phi) is 5.10. The van der Waals surface area contributed by atoms with Crippen molar-refractivity contribution >= 4 is 43.1 Å². The highest BCUT2D eigenvalue weighted by molar-refractivity contribution is 6.33. The first-order chi connectivity index (χ1) is 14.4. The van der Waals surface area contributed by atoms with Crippen molar-refractivity contribution in [3.63, 3.8) is 0 Å². The smallest absolute Gasteiger partial charge is 0.00236 e. The minimum absolute atomic E-state index is 1.19. The van der Waals surface area contributed by atoms with Gasteiger partial charge >= 0.3 is 0 Å². The second-order valence-electron chi connectivity index (χ2n) is 8.58. The number of fused-ring (bicyclic) bond motifs is 2. The van der Waals surface area contributed by atoms with Gasteiger partial charge in [-0.15, -0.1) is 0 Å². The van der Waals surface area contributed by atoms with Crippen molar-refractivity contribution in [2.75, 3.05) is 0 Å². The molecular formula is C29H30. The van der Waals surface area contributed by atoms with E-state index in [1.165, 1.54) is 100 Å². The minimum Gasteiger partial charge on any atom is -0.0654 e. The topological polar surface area (TPSA) is 0 Å². The molecule has 5 aromatic carbocycles. The van der Waals surface area contributed by atoms with E-state index < -0.39 is 0 Å². The zero-order chi connectivity index (χ0) is 19.6. The average Bonchev–Trinajstić information content (AvgIpc) is 2.77. The molecule has 0 heterocycles. The van der Waals surface area contributed by atoms with Gasteiger partial charge in [-0.3, -0.25) is 0 Å². The van der Waals surface area contributed by atoms with E-state index in [2.05, 4.69) is 73.7 Å². The second-order valence-corrected chi connectivity index (χ2v) is 8.58. The van der Waals surface area contributed by atoms with Gasteiger partial charge in [0.15, 0.2) is 0 Å². The largest absolute Gasteiger partial charge is 0.0654 e. The maximum Gasteiger partial charge on any atom is -0.00236 e. The van der Waals surface area contributed by atoms with E-state index in [4.69, 9.17) is 0 Å². The summed E-state index contributed by atoms with van der Waals surface area (Å²) in [5.41, 5.74) is 1.53. The Morgan fingerprint density at radius 2 is 1.07 bits per heavy atom. The molecule has 0 fully saturated rings. The molecule has 0 saturated heterocycles. The fraction of sp³-hybridized carbons (Fsp3) is 0.310. The summed E-state index contributed by atoms with van der Waals surface area (Å²) in [4.78, 5) is 0. The quantitative estimate of drug-likeness (QED) is 0.143. The third-order valence-corrected chi connectivity index (χ3v) is 6.65. The Balaban J connectivity index is 1.59. The van der Waals surface area contributed by atoms with Crippen LogP contribution in [0.2, 0.25) is 0 Å². The monoisotopic (exact) mass is 378 g/mol. The number of benzene rings is 5. The van der Waals surface area contributed by atoms with E-state index in [9.17, 15) is 0 Å². The molecule has 0 nitrogen and oxygen atoms in total. The van der Waals surface area contributed by atoms with Gasteiger partial charge in [0.05, 0.1) is 0 Å². The molecule has 0 radical (unpaired) electrons. The minimum atomic E-state index is 1.19. The fourth-order valence-corrected chi connectivity index (χ4v) is 5.21. The number of hydrogen-bond acceptors (Lipinski definition) is 0. The zero-order valence-corrected chi connectivity index (χ0v) is 17.5. The highest BCUT2D eigenvalue weighted by atomic mass is 14.2. The van der Waals surface area contributed by atoms with Crippen molar-refractivity contribution in [2.45, 2.75) is 58.3 Å². The van der Waals surface area contributed by atoms with Gasteiger partial charge in [-0.2, -0.15) is 0 Å². The van der Waals surface area contributed by atoms with Crippen LogP contribution in [0.25, 0.3) is 43.1 Å². The van der Waals surface area contributed by atoms with Gasteiger partial charge in [0.1, 0.15) is 0 Å². The molecule has 0 N–H and O–H groups in total. The summed E-state index contributed by atoms with van der Waals surface area (Å²) in [6.07, 6.45) is 10.7. The Bertz CT molecular complexity index is 1260. The number of hydrogen-bond donors (Lipinski definition) is 0. The summed E-state index contributed by atoms with van der Waals surface area (Å²) in [6, 6.07) is 25.1. The standard InChI is InChI=1S/C29H30/c1-2-3-4-5-6-7-8-12-22-19-20-23-15-10-17-25-24-16-9-13-21-14-11-18-26(27(21)24)29(22)28(23)25/h9-11,13-20H,2-8,12H2,1H3. The molecule has 0 heteroatoms. The summed E-state index contributed by atoms with van der Waals surface area (Å²) < 4.78 is 0. The van der Waals surface area contributed by atoms with Crippen molar-refractivity contribution in [2.24, 2.45) is 0 Å². The lowest BCUT2D eigenvalue weighted by molar-refractivity contribution is 0.590.